The normalized spacial score (nSPS) is 10.8. The van der Waals surface area contributed by atoms with Crippen molar-refractivity contribution in [3.05, 3.63) is 29.4 Å². The van der Waals surface area contributed by atoms with Gasteiger partial charge in [0.25, 0.3) is 0 Å². The van der Waals surface area contributed by atoms with Gasteiger partial charge in [-0.15, -0.1) is 0 Å². The minimum atomic E-state index is 0.279. The van der Waals surface area contributed by atoms with Crippen molar-refractivity contribution in [2.75, 3.05) is 17.2 Å². The minimum Gasteiger partial charge on any atom is -0.370 e. The maximum absolute atomic E-state index is 5.17. The minimum absolute atomic E-state index is 0.279. The first-order chi connectivity index (χ1) is 9.58. The van der Waals surface area contributed by atoms with E-state index in [-0.39, 0.29) is 5.92 Å². The van der Waals surface area contributed by atoms with Gasteiger partial charge in [-0.2, -0.15) is 0 Å². The van der Waals surface area contributed by atoms with Crippen LogP contribution in [-0.4, -0.2) is 21.7 Å². The van der Waals surface area contributed by atoms with Crippen LogP contribution >= 0.6 is 0 Å². The smallest absolute Gasteiger partial charge is 0.156 e. The van der Waals surface area contributed by atoms with E-state index in [1.165, 1.54) is 0 Å². The summed E-state index contributed by atoms with van der Waals surface area (Å²) < 4.78 is 5.17. The highest BCUT2D eigenvalue weighted by molar-refractivity contribution is 5.47. The van der Waals surface area contributed by atoms with Crippen molar-refractivity contribution >= 4 is 11.6 Å². The van der Waals surface area contributed by atoms with Crippen LogP contribution in [0, 0.1) is 6.92 Å². The lowest BCUT2D eigenvalue weighted by molar-refractivity contribution is 0.384. The van der Waals surface area contributed by atoms with Crippen LogP contribution in [0.4, 0.5) is 11.6 Å². The fourth-order valence-corrected chi connectivity index (χ4v) is 1.76. The second kappa shape index (κ2) is 6.36. The van der Waals surface area contributed by atoms with E-state index in [1.807, 2.05) is 26.0 Å². The fourth-order valence-electron chi connectivity index (χ4n) is 1.76. The van der Waals surface area contributed by atoms with Crippen molar-refractivity contribution in [3.63, 3.8) is 0 Å². The predicted molar refractivity (Wildman–Crippen MR) is 78.9 cm³/mol. The average Bonchev–Trinajstić information content (AvgIpc) is 2.82. The van der Waals surface area contributed by atoms with Gasteiger partial charge in [0.05, 0.1) is 12.2 Å². The lowest BCUT2D eigenvalue weighted by Crippen LogP contribution is -2.08. The van der Waals surface area contributed by atoms with Gasteiger partial charge < -0.3 is 15.2 Å². The third-order valence-corrected chi connectivity index (χ3v) is 2.74. The second-order valence-electron chi connectivity index (χ2n) is 4.97. The zero-order valence-corrected chi connectivity index (χ0v) is 12.4. The summed E-state index contributed by atoms with van der Waals surface area (Å²) in [5.74, 6) is 3.51. The Hall–Kier alpha value is -2.11. The molecule has 20 heavy (non-hydrogen) atoms. The molecule has 0 aliphatic rings. The summed E-state index contributed by atoms with van der Waals surface area (Å²) in [5, 5.41) is 10.3. The molecule has 2 N–H and O–H groups in total. The molecule has 2 aromatic rings. The summed E-state index contributed by atoms with van der Waals surface area (Å²) in [5.41, 5.74) is 0.876. The number of hydrogen-bond acceptors (Lipinski definition) is 6. The predicted octanol–water partition coefficient (Wildman–Crippen LogP) is 2.94. The topological polar surface area (TPSA) is 75.9 Å². The highest BCUT2D eigenvalue weighted by Crippen LogP contribution is 2.17. The Bertz CT molecular complexity index is 564. The molecule has 6 nitrogen and oxygen atoms in total. The Morgan fingerprint density at radius 3 is 2.40 bits per heavy atom. The van der Waals surface area contributed by atoms with Crippen molar-refractivity contribution in [2.45, 2.75) is 40.2 Å². The molecule has 2 heterocycles. The zero-order chi connectivity index (χ0) is 14.5. The monoisotopic (exact) mass is 275 g/mol. The lowest BCUT2D eigenvalue weighted by Gasteiger charge is -2.11. The number of aryl methyl sites for hydroxylation is 1. The van der Waals surface area contributed by atoms with E-state index in [0.717, 1.165) is 35.5 Å². The SMILES string of the molecule is CCNc1cc(NCc2cc(C)no2)nc(C(C)C)n1. The summed E-state index contributed by atoms with van der Waals surface area (Å²) in [7, 11) is 0. The molecule has 0 amide bonds. The Morgan fingerprint density at radius 2 is 1.85 bits per heavy atom. The average molecular weight is 275 g/mol. The first kappa shape index (κ1) is 14.3. The maximum atomic E-state index is 5.17. The van der Waals surface area contributed by atoms with E-state index in [0.29, 0.717) is 6.54 Å². The first-order valence-electron chi connectivity index (χ1n) is 6.87. The molecule has 0 aliphatic carbocycles. The molecule has 108 valence electrons. The van der Waals surface area contributed by atoms with Gasteiger partial charge in [0, 0.05) is 24.6 Å². The van der Waals surface area contributed by atoms with Crippen LogP contribution in [-0.2, 0) is 6.54 Å². The molecular weight excluding hydrogens is 254 g/mol. The van der Waals surface area contributed by atoms with Crippen LogP contribution in [0.5, 0.6) is 0 Å². The summed E-state index contributed by atoms with van der Waals surface area (Å²) >= 11 is 0. The lowest BCUT2D eigenvalue weighted by atomic mass is 10.2. The van der Waals surface area contributed by atoms with Gasteiger partial charge in [0.15, 0.2) is 5.76 Å². The molecule has 0 atom stereocenters. The van der Waals surface area contributed by atoms with Crippen molar-refractivity contribution in [3.8, 4) is 0 Å². The number of anilines is 2. The largest absolute Gasteiger partial charge is 0.370 e. The molecule has 0 saturated heterocycles. The molecular formula is C14H21N5O. The van der Waals surface area contributed by atoms with E-state index in [9.17, 15) is 0 Å². The van der Waals surface area contributed by atoms with Crippen molar-refractivity contribution in [2.24, 2.45) is 0 Å². The third-order valence-electron chi connectivity index (χ3n) is 2.74. The molecule has 6 heteroatoms. The summed E-state index contributed by atoms with van der Waals surface area (Å²) in [4.78, 5) is 9.00. The van der Waals surface area contributed by atoms with Gasteiger partial charge in [-0.25, -0.2) is 9.97 Å². The molecule has 0 fully saturated rings. The second-order valence-corrected chi connectivity index (χ2v) is 4.97. The Morgan fingerprint density at radius 1 is 1.15 bits per heavy atom. The molecule has 2 aromatic heterocycles. The van der Waals surface area contributed by atoms with Crippen LogP contribution in [0.1, 0.15) is 44.0 Å². The molecule has 0 spiro atoms. The Labute approximate surface area is 119 Å². The number of nitrogens with zero attached hydrogens (tertiary/aromatic N) is 3. The third kappa shape index (κ3) is 3.69. The van der Waals surface area contributed by atoms with Gasteiger partial charge in [-0.1, -0.05) is 19.0 Å². The first-order valence-corrected chi connectivity index (χ1v) is 6.87. The van der Waals surface area contributed by atoms with Crippen LogP contribution < -0.4 is 10.6 Å². The number of rotatable bonds is 6. The molecule has 0 bridgehead atoms. The maximum Gasteiger partial charge on any atom is 0.156 e. The van der Waals surface area contributed by atoms with Gasteiger partial charge in [0.2, 0.25) is 0 Å². The Balaban J connectivity index is 2.13. The highest BCUT2D eigenvalue weighted by Gasteiger charge is 2.08. The molecule has 0 aliphatic heterocycles. The van der Waals surface area contributed by atoms with Gasteiger partial charge >= 0.3 is 0 Å². The van der Waals surface area contributed by atoms with Crippen molar-refractivity contribution in [1.29, 1.82) is 0 Å². The molecule has 2 rings (SSSR count). The van der Waals surface area contributed by atoms with Gasteiger partial charge in [-0.05, 0) is 13.8 Å². The Kier molecular flexibility index (Phi) is 4.55. The quantitative estimate of drug-likeness (QED) is 0.844. The molecule has 0 unspecified atom stereocenters. The van der Waals surface area contributed by atoms with Crippen LogP contribution in [0.3, 0.4) is 0 Å². The van der Waals surface area contributed by atoms with Gasteiger partial charge in [0.1, 0.15) is 17.5 Å². The van der Waals surface area contributed by atoms with E-state index < -0.39 is 0 Å². The van der Waals surface area contributed by atoms with E-state index in [4.69, 9.17) is 4.52 Å². The highest BCUT2D eigenvalue weighted by atomic mass is 16.5. The summed E-state index contributed by atoms with van der Waals surface area (Å²) in [6, 6.07) is 3.81. The van der Waals surface area contributed by atoms with Gasteiger partial charge in [-0.3, -0.25) is 0 Å². The van der Waals surface area contributed by atoms with Crippen LogP contribution in [0.15, 0.2) is 16.7 Å². The zero-order valence-electron chi connectivity index (χ0n) is 12.4. The summed E-state index contributed by atoms with van der Waals surface area (Å²) in [6.07, 6.45) is 0. The van der Waals surface area contributed by atoms with Crippen LogP contribution in [0.25, 0.3) is 0 Å². The van der Waals surface area contributed by atoms with E-state index >= 15 is 0 Å². The molecule has 0 saturated carbocycles. The molecule has 0 aromatic carbocycles. The fraction of sp³-hybridized carbons (Fsp3) is 0.500. The van der Waals surface area contributed by atoms with Crippen molar-refractivity contribution in [1.82, 2.24) is 15.1 Å². The van der Waals surface area contributed by atoms with Crippen LogP contribution in [0.2, 0.25) is 0 Å². The standard InChI is InChI=1S/C14H21N5O/c1-5-15-12-7-13(18-14(17-12)9(2)3)16-8-11-6-10(4)19-20-11/h6-7,9H,5,8H2,1-4H3,(H2,15,16,17,18). The van der Waals surface area contributed by atoms with E-state index in [1.54, 1.807) is 0 Å². The molecule has 0 radical (unpaired) electrons. The summed E-state index contributed by atoms with van der Waals surface area (Å²) in [6.45, 7) is 9.49. The number of nitrogens with one attached hydrogen (secondary N) is 2. The van der Waals surface area contributed by atoms with E-state index in [2.05, 4.69) is 39.6 Å². The number of aromatic nitrogens is 3. The van der Waals surface area contributed by atoms with Crippen molar-refractivity contribution < 1.29 is 4.52 Å². The number of hydrogen-bond donors (Lipinski definition) is 2.